The van der Waals surface area contributed by atoms with Gasteiger partial charge < -0.3 is 5.32 Å². The Morgan fingerprint density at radius 2 is 1.45 bits per heavy atom. The maximum atomic E-state index is 12.8. The molecule has 1 amide bonds. The van der Waals surface area contributed by atoms with Crippen molar-refractivity contribution in [1.29, 1.82) is 0 Å². The van der Waals surface area contributed by atoms with Crippen LogP contribution in [0.3, 0.4) is 0 Å². The molecule has 154 valence electrons. The van der Waals surface area contributed by atoms with Crippen LogP contribution >= 0.6 is 0 Å². The topological polar surface area (TPSA) is 42.0 Å². The van der Waals surface area contributed by atoms with E-state index in [0.717, 1.165) is 41.5 Å². The third-order valence-electron chi connectivity index (χ3n) is 5.35. The van der Waals surface area contributed by atoms with E-state index in [2.05, 4.69) is 46.7 Å². The van der Waals surface area contributed by atoms with Gasteiger partial charge in [0, 0.05) is 24.5 Å². The van der Waals surface area contributed by atoms with Crippen LogP contribution in [-0.4, -0.2) is 17.4 Å². The van der Waals surface area contributed by atoms with Gasteiger partial charge in [-0.1, -0.05) is 72.8 Å². The summed E-state index contributed by atoms with van der Waals surface area (Å²) in [6.07, 6.45) is 6.63. The van der Waals surface area contributed by atoms with Crippen molar-refractivity contribution in [2.45, 2.75) is 19.3 Å². The van der Waals surface area contributed by atoms with Crippen molar-refractivity contribution in [2.75, 3.05) is 6.54 Å². The largest absolute Gasteiger partial charge is 0.352 e. The molecule has 0 atom stereocenters. The second-order valence-corrected chi connectivity index (χ2v) is 7.57. The zero-order chi connectivity index (χ0) is 21.3. The molecule has 1 aromatic heterocycles. The monoisotopic (exact) mass is 406 g/mol. The number of pyridine rings is 1. The molecule has 0 saturated carbocycles. The Kier molecular flexibility index (Phi) is 6.86. The van der Waals surface area contributed by atoms with Crippen molar-refractivity contribution in [1.82, 2.24) is 10.3 Å². The molecule has 1 heterocycles. The number of nitrogens with zero attached hydrogens (tertiary/aromatic N) is 1. The fourth-order valence-electron chi connectivity index (χ4n) is 3.72. The van der Waals surface area contributed by atoms with E-state index in [1.54, 1.807) is 6.20 Å². The van der Waals surface area contributed by atoms with Gasteiger partial charge >= 0.3 is 0 Å². The number of rotatable bonds is 8. The maximum Gasteiger partial charge on any atom is 0.251 e. The van der Waals surface area contributed by atoms with E-state index in [1.807, 2.05) is 60.8 Å². The van der Waals surface area contributed by atoms with Gasteiger partial charge in [0.2, 0.25) is 0 Å². The van der Waals surface area contributed by atoms with Crippen molar-refractivity contribution < 1.29 is 4.79 Å². The van der Waals surface area contributed by atoms with E-state index in [-0.39, 0.29) is 5.91 Å². The maximum absolute atomic E-state index is 12.8. The Bertz CT molecular complexity index is 1110. The molecule has 0 aliphatic carbocycles. The predicted molar refractivity (Wildman–Crippen MR) is 127 cm³/mol. The highest BCUT2D eigenvalue weighted by molar-refractivity contribution is 5.97. The Hall–Kier alpha value is -3.72. The van der Waals surface area contributed by atoms with Crippen LogP contribution in [-0.2, 0) is 6.42 Å². The summed E-state index contributed by atoms with van der Waals surface area (Å²) in [6, 6.07) is 30.5. The minimum atomic E-state index is -0.0295. The fraction of sp³-hybridized carbons (Fsp3) is 0.143. The molecule has 3 nitrogen and oxygen atoms in total. The summed E-state index contributed by atoms with van der Waals surface area (Å²) in [7, 11) is 0. The number of benzene rings is 3. The summed E-state index contributed by atoms with van der Waals surface area (Å²) < 4.78 is 0. The number of carbonyl (C=O) groups excluding carboxylic acids is 1. The number of unbranched alkanes of at least 4 members (excludes halogenated alkanes) is 1. The molecular weight excluding hydrogens is 380 g/mol. The van der Waals surface area contributed by atoms with E-state index in [4.69, 9.17) is 0 Å². The highest BCUT2D eigenvalue weighted by Gasteiger charge is 2.12. The summed E-state index contributed by atoms with van der Waals surface area (Å²) in [5.74, 6) is -0.0295. The molecule has 0 aliphatic heterocycles. The first kappa shape index (κ1) is 20.5. The summed E-state index contributed by atoms with van der Waals surface area (Å²) in [6.45, 7) is 0.667. The van der Waals surface area contributed by atoms with Gasteiger partial charge in [-0.2, -0.15) is 0 Å². The lowest BCUT2D eigenvalue weighted by Gasteiger charge is -2.13. The first-order valence-corrected chi connectivity index (χ1v) is 10.7. The molecule has 1 N–H and O–H groups in total. The molecule has 0 unspecified atom stereocenters. The van der Waals surface area contributed by atoms with Crippen LogP contribution in [0.15, 0.2) is 103 Å². The van der Waals surface area contributed by atoms with Crippen molar-refractivity contribution in [3.63, 3.8) is 0 Å². The first-order chi connectivity index (χ1) is 15.3. The van der Waals surface area contributed by atoms with E-state index in [1.165, 1.54) is 5.56 Å². The van der Waals surface area contributed by atoms with Gasteiger partial charge in [0.05, 0.1) is 0 Å². The normalized spacial score (nSPS) is 10.6. The van der Waals surface area contributed by atoms with Crippen LogP contribution in [0.5, 0.6) is 0 Å². The van der Waals surface area contributed by atoms with Crippen LogP contribution in [0.2, 0.25) is 0 Å². The number of hydrogen-bond acceptors (Lipinski definition) is 2. The van der Waals surface area contributed by atoms with Gasteiger partial charge in [0.25, 0.3) is 5.91 Å². The number of hydrogen-bond donors (Lipinski definition) is 1. The van der Waals surface area contributed by atoms with Gasteiger partial charge in [-0.05, 0) is 65.3 Å². The van der Waals surface area contributed by atoms with E-state index < -0.39 is 0 Å². The van der Waals surface area contributed by atoms with Gasteiger partial charge in [-0.25, -0.2) is 0 Å². The highest BCUT2D eigenvalue weighted by atomic mass is 16.1. The molecule has 0 radical (unpaired) electrons. The molecule has 4 aromatic rings. The van der Waals surface area contributed by atoms with Gasteiger partial charge in [0.1, 0.15) is 0 Å². The summed E-state index contributed by atoms with van der Waals surface area (Å²) >= 11 is 0. The van der Waals surface area contributed by atoms with Crippen LogP contribution in [0.1, 0.15) is 28.8 Å². The quantitative estimate of drug-likeness (QED) is 0.356. The lowest BCUT2D eigenvalue weighted by atomic mass is 9.92. The zero-order valence-electron chi connectivity index (χ0n) is 17.5. The molecule has 4 rings (SSSR count). The SMILES string of the molecule is O=C(NCCCCc1cccnc1)c1ccc(-c2ccccc2)c(-c2ccccc2)c1. The van der Waals surface area contributed by atoms with Crippen LogP contribution in [0.4, 0.5) is 0 Å². The molecule has 3 aromatic carbocycles. The lowest BCUT2D eigenvalue weighted by molar-refractivity contribution is 0.0953. The Balaban J connectivity index is 1.45. The number of amides is 1. The molecular formula is C28H26N2O. The second kappa shape index (κ2) is 10.4. The van der Waals surface area contributed by atoms with Gasteiger partial charge in [-0.15, -0.1) is 0 Å². The number of aromatic nitrogens is 1. The molecule has 0 fully saturated rings. The van der Waals surface area contributed by atoms with Crippen molar-refractivity contribution in [3.8, 4) is 22.3 Å². The van der Waals surface area contributed by atoms with Crippen molar-refractivity contribution in [2.24, 2.45) is 0 Å². The van der Waals surface area contributed by atoms with Gasteiger partial charge in [0.15, 0.2) is 0 Å². The Morgan fingerprint density at radius 3 is 2.13 bits per heavy atom. The smallest absolute Gasteiger partial charge is 0.251 e. The standard InChI is InChI=1S/C28H26N2O/c31-28(30-19-8-7-10-22-11-9-18-29-21-22)25-16-17-26(23-12-3-1-4-13-23)27(20-25)24-14-5-2-6-15-24/h1-6,9,11-18,20-21H,7-8,10,19H2,(H,30,31). The number of aryl methyl sites for hydroxylation is 1. The van der Waals surface area contributed by atoms with E-state index in [0.29, 0.717) is 12.1 Å². The lowest BCUT2D eigenvalue weighted by Crippen LogP contribution is -2.24. The fourth-order valence-corrected chi connectivity index (χ4v) is 3.72. The third-order valence-corrected chi connectivity index (χ3v) is 5.35. The third kappa shape index (κ3) is 5.46. The first-order valence-electron chi connectivity index (χ1n) is 10.7. The van der Waals surface area contributed by atoms with Gasteiger partial charge in [-0.3, -0.25) is 9.78 Å². The van der Waals surface area contributed by atoms with Crippen LogP contribution < -0.4 is 5.32 Å². The minimum absolute atomic E-state index is 0.0295. The predicted octanol–water partition coefficient (Wildman–Crippen LogP) is 6.17. The highest BCUT2D eigenvalue weighted by Crippen LogP contribution is 2.32. The summed E-state index contributed by atoms with van der Waals surface area (Å²) in [5.41, 5.74) is 6.36. The zero-order valence-corrected chi connectivity index (χ0v) is 17.5. The van der Waals surface area contributed by atoms with E-state index >= 15 is 0 Å². The van der Waals surface area contributed by atoms with E-state index in [9.17, 15) is 4.79 Å². The molecule has 0 bridgehead atoms. The summed E-state index contributed by atoms with van der Waals surface area (Å²) in [5, 5.41) is 3.07. The molecule has 3 heteroatoms. The molecule has 31 heavy (non-hydrogen) atoms. The Morgan fingerprint density at radius 1 is 0.742 bits per heavy atom. The average Bonchev–Trinajstić information content (AvgIpc) is 2.85. The van der Waals surface area contributed by atoms with Crippen LogP contribution in [0, 0.1) is 0 Å². The Labute approximate surface area is 183 Å². The number of nitrogens with one attached hydrogen (secondary N) is 1. The van der Waals surface area contributed by atoms with Crippen molar-refractivity contribution in [3.05, 3.63) is 115 Å². The molecule has 0 saturated heterocycles. The molecule has 0 spiro atoms. The average molecular weight is 407 g/mol. The minimum Gasteiger partial charge on any atom is -0.352 e. The van der Waals surface area contributed by atoms with Crippen molar-refractivity contribution >= 4 is 5.91 Å². The second-order valence-electron chi connectivity index (χ2n) is 7.57. The molecule has 0 aliphatic rings. The number of carbonyl (C=O) groups is 1. The van der Waals surface area contributed by atoms with Crippen LogP contribution in [0.25, 0.3) is 22.3 Å². The summed E-state index contributed by atoms with van der Waals surface area (Å²) in [4.78, 5) is 16.9.